The van der Waals surface area contributed by atoms with Crippen molar-refractivity contribution in [2.45, 2.75) is 32.8 Å². The van der Waals surface area contributed by atoms with Gasteiger partial charge in [-0.25, -0.2) is 0 Å². The average molecular weight is 264 g/mol. The van der Waals surface area contributed by atoms with E-state index in [-0.39, 0.29) is 5.60 Å². The first-order valence-electron chi connectivity index (χ1n) is 7.10. The van der Waals surface area contributed by atoms with E-state index in [0.29, 0.717) is 0 Å². The molecule has 1 aliphatic heterocycles. The van der Waals surface area contributed by atoms with Crippen LogP contribution < -0.4 is 0 Å². The maximum atomic E-state index is 6.21. The predicted molar refractivity (Wildman–Crippen MR) is 83.3 cm³/mol. The summed E-state index contributed by atoms with van der Waals surface area (Å²) in [6.07, 6.45) is 0.923. The second-order valence-corrected chi connectivity index (χ2v) is 5.78. The molecule has 3 rings (SSSR count). The number of aryl methyl sites for hydroxylation is 1. The molecule has 2 aromatic carbocycles. The molecule has 0 aliphatic carbocycles. The van der Waals surface area contributed by atoms with Gasteiger partial charge in [-0.1, -0.05) is 60.2 Å². The fourth-order valence-corrected chi connectivity index (χ4v) is 2.91. The van der Waals surface area contributed by atoms with Crippen LogP contribution in [0.15, 0.2) is 60.4 Å². The molecule has 0 fully saturated rings. The number of ether oxygens (including phenoxy) is 1. The fourth-order valence-electron chi connectivity index (χ4n) is 2.91. The molecule has 0 saturated heterocycles. The summed E-state index contributed by atoms with van der Waals surface area (Å²) >= 11 is 0. The maximum Gasteiger partial charge on any atom is 0.135 e. The summed E-state index contributed by atoms with van der Waals surface area (Å²) in [5, 5.41) is 0. The van der Waals surface area contributed by atoms with Crippen LogP contribution in [0.1, 0.15) is 37.0 Å². The van der Waals surface area contributed by atoms with E-state index in [9.17, 15) is 0 Å². The van der Waals surface area contributed by atoms with E-state index >= 15 is 0 Å². The molecule has 0 N–H and O–H groups in total. The molecule has 20 heavy (non-hydrogen) atoms. The third kappa shape index (κ3) is 2.24. The van der Waals surface area contributed by atoms with Crippen molar-refractivity contribution in [3.63, 3.8) is 0 Å². The fraction of sp³-hybridized carbons (Fsp3) is 0.263. The van der Waals surface area contributed by atoms with Gasteiger partial charge in [-0.2, -0.15) is 0 Å². The lowest BCUT2D eigenvalue weighted by Gasteiger charge is -2.25. The van der Waals surface area contributed by atoms with Gasteiger partial charge in [0.05, 0.1) is 5.76 Å². The highest BCUT2D eigenvalue weighted by Crippen LogP contribution is 2.45. The quantitative estimate of drug-likeness (QED) is 0.736. The van der Waals surface area contributed by atoms with E-state index in [1.165, 1.54) is 22.3 Å². The third-order valence-corrected chi connectivity index (χ3v) is 4.10. The molecule has 102 valence electrons. The molecular weight excluding hydrogens is 244 g/mol. The van der Waals surface area contributed by atoms with E-state index in [4.69, 9.17) is 4.74 Å². The molecule has 1 heterocycles. The Bertz CT molecular complexity index is 637. The Hall–Kier alpha value is -2.02. The molecule has 0 saturated carbocycles. The van der Waals surface area contributed by atoms with Crippen molar-refractivity contribution in [3.8, 4) is 0 Å². The minimum absolute atomic E-state index is 0.244. The first-order valence-corrected chi connectivity index (χ1v) is 7.10. The van der Waals surface area contributed by atoms with Gasteiger partial charge in [0, 0.05) is 12.0 Å². The minimum atomic E-state index is -0.244. The van der Waals surface area contributed by atoms with Gasteiger partial charge in [0.25, 0.3) is 0 Å². The number of hydrogen-bond donors (Lipinski definition) is 0. The van der Waals surface area contributed by atoms with Gasteiger partial charge in [-0.3, -0.25) is 0 Å². The Morgan fingerprint density at radius 2 is 1.55 bits per heavy atom. The third-order valence-electron chi connectivity index (χ3n) is 4.10. The van der Waals surface area contributed by atoms with Crippen LogP contribution in [0.5, 0.6) is 0 Å². The lowest BCUT2D eigenvalue weighted by molar-refractivity contribution is 0.0416. The monoisotopic (exact) mass is 264 g/mol. The standard InChI is InChI=1S/C19H20O/c1-14-9-11-16(12-10-14)18-13-19(3,20-15(18)2)17-7-5-4-6-8-17/h4-12H,13H2,1-3H3. The molecule has 1 aliphatic rings. The van der Waals surface area contributed by atoms with E-state index in [2.05, 4.69) is 69.3 Å². The molecule has 0 spiro atoms. The molecule has 0 amide bonds. The maximum absolute atomic E-state index is 6.21. The van der Waals surface area contributed by atoms with Crippen LogP contribution >= 0.6 is 0 Å². The van der Waals surface area contributed by atoms with Crippen LogP contribution in [0.25, 0.3) is 5.57 Å². The van der Waals surface area contributed by atoms with Gasteiger partial charge < -0.3 is 4.74 Å². The molecule has 1 heteroatoms. The van der Waals surface area contributed by atoms with E-state index < -0.39 is 0 Å². The van der Waals surface area contributed by atoms with Gasteiger partial charge in [0.2, 0.25) is 0 Å². The van der Waals surface area contributed by atoms with Crippen LogP contribution in [0.3, 0.4) is 0 Å². The molecule has 0 aromatic heterocycles. The topological polar surface area (TPSA) is 9.23 Å². The van der Waals surface area contributed by atoms with Crippen molar-refractivity contribution in [2.24, 2.45) is 0 Å². The Balaban J connectivity index is 1.92. The normalized spacial score (nSPS) is 21.9. The van der Waals surface area contributed by atoms with Crippen LogP contribution in [0, 0.1) is 6.92 Å². The summed E-state index contributed by atoms with van der Waals surface area (Å²) in [5.74, 6) is 1.04. The summed E-state index contributed by atoms with van der Waals surface area (Å²) < 4.78 is 6.21. The van der Waals surface area contributed by atoms with Crippen molar-refractivity contribution >= 4 is 5.57 Å². The van der Waals surface area contributed by atoms with Crippen molar-refractivity contribution in [1.29, 1.82) is 0 Å². The van der Waals surface area contributed by atoms with Crippen LogP contribution in [-0.2, 0) is 10.3 Å². The number of rotatable bonds is 2. The molecular formula is C19H20O. The molecule has 2 aromatic rings. The van der Waals surface area contributed by atoms with Crippen molar-refractivity contribution in [2.75, 3.05) is 0 Å². The summed E-state index contributed by atoms with van der Waals surface area (Å²) in [6.45, 7) is 6.36. The zero-order valence-corrected chi connectivity index (χ0v) is 12.3. The van der Waals surface area contributed by atoms with Gasteiger partial charge in [-0.15, -0.1) is 0 Å². The summed E-state index contributed by atoms with van der Waals surface area (Å²) in [5.41, 5.74) is 4.87. The second-order valence-electron chi connectivity index (χ2n) is 5.78. The van der Waals surface area contributed by atoms with Crippen LogP contribution in [0.2, 0.25) is 0 Å². The lowest BCUT2D eigenvalue weighted by atomic mass is 9.88. The number of benzene rings is 2. The Morgan fingerprint density at radius 1 is 0.900 bits per heavy atom. The second kappa shape index (κ2) is 4.82. The first-order chi connectivity index (χ1) is 9.58. The SMILES string of the molecule is CC1=C(c2ccc(C)cc2)CC(C)(c2ccccc2)O1. The van der Waals surface area contributed by atoms with E-state index in [1.807, 2.05) is 6.07 Å². The zero-order valence-electron chi connectivity index (χ0n) is 12.3. The van der Waals surface area contributed by atoms with Gasteiger partial charge in [0.1, 0.15) is 5.60 Å². The molecule has 0 radical (unpaired) electrons. The molecule has 1 nitrogen and oxygen atoms in total. The Morgan fingerprint density at radius 3 is 2.20 bits per heavy atom. The highest BCUT2D eigenvalue weighted by molar-refractivity contribution is 5.70. The number of allylic oxidation sites excluding steroid dienone is 1. The van der Waals surface area contributed by atoms with Gasteiger partial charge >= 0.3 is 0 Å². The summed E-state index contributed by atoms with van der Waals surface area (Å²) in [6, 6.07) is 19.2. The van der Waals surface area contributed by atoms with Crippen molar-refractivity contribution in [3.05, 3.63) is 77.0 Å². The highest BCUT2D eigenvalue weighted by Gasteiger charge is 2.36. The van der Waals surface area contributed by atoms with Crippen molar-refractivity contribution < 1.29 is 4.74 Å². The number of hydrogen-bond acceptors (Lipinski definition) is 1. The van der Waals surface area contributed by atoms with E-state index in [1.54, 1.807) is 0 Å². The Labute approximate surface area is 120 Å². The Kier molecular flexibility index (Phi) is 3.13. The lowest BCUT2D eigenvalue weighted by Crippen LogP contribution is -2.20. The molecule has 1 atom stereocenters. The van der Waals surface area contributed by atoms with Crippen LogP contribution in [0.4, 0.5) is 0 Å². The summed E-state index contributed by atoms with van der Waals surface area (Å²) in [7, 11) is 0. The van der Waals surface area contributed by atoms with E-state index in [0.717, 1.165) is 12.2 Å². The smallest absolute Gasteiger partial charge is 0.135 e. The van der Waals surface area contributed by atoms with Crippen LogP contribution in [-0.4, -0.2) is 0 Å². The van der Waals surface area contributed by atoms with Gasteiger partial charge in [-0.05, 0) is 31.9 Å². The largest absolute Gasteiger partial charge is 0.487 e. The summed E-state index contributed by atoms with van der Waals surface area (Å²) in [4.78, 5) is 0. The molecule has 0 bridgehead atoms. The predicted octanol–water partition coefficient (Wildman–Crippen LogP) is 5.06. The first kappa shape index (κ1) is 13.0. The van der Waals surface area contributed by atoms with Crippen molar-refractivity contribution in [1.82, 2.24) is 0 Å². The highest BCUT2D eigenvalue weighted by atomic mass is 16.5. The average Bonchev–Trinajstić information content (AvgIpc) is 2.77. The van der Waals surface area contributed by atoms with Gasteiger partial charge in [0.15, 0.2) is 0 Å². The minimum Gasteiger partial charge on any atom is -0.487 e. The zero-order chi connectivity index (χ0) is 14.2. The molecule has 1 unspecified atom stereocenters.